The molecule has 0 bridgehead atoms. The van der Waals surface area contributed by atoms with E-state index in [1.54, 1.807) is 23.0 Å². The van der Waals surface area contributed by atoms with Crippen LogP contribution in [0.1, 0.15) is 5.56 Å². The molecule has 0 spiro atoms. The molecule has 3 rings (SSSR count). The Labute approximate surface area is 144 Å². The third-order valence-electron chi connectivity index (χ3n) is 3.47. The van der Waals surface area contributed by atoms with Crippen molar-refractivity contribution in [3.05, 3.63) is 66.5 Å². The van der Waals surface area contributed by atoms with Crippen molar-refractivity contribution < 1.29 is 9.59 Å². The van der Waals surface area contributed by atoms with Gasteiger partial charge in [-0.15, -0.1) is 6.58 Å². The summed E-state index contributed by atoms with van der Waals surface area (Å²) in [6, 6.07) is 9.18. The van der Waals surface area contributed by atoms with Gasteiger partial charge in [0.05, 0.1) is 5.69 Å². The predicted molar refractivity (Wildman–Crippen MR) is 94.2 cm³/mol. The highest BCUT2D eigenvalue weighted by molar-refractivity contribution is 7.80. The largest absolute Gasteiger partial charge is 0.298 e. The maximum absolute atomic E-state index is 12.4. The number of rotatable bonds is 4. The van der Waals surface area contributed by atoms with Gasteiger partial charge in [0.1, 0.15) is 5.57 Å². The van der Waals surface area contributed by atoms with Crippen LogP contribution < -0.4 is 5.32 Å². The van der Waals surface area contributed by atoms with Gasteiger partial charge in [-0.2, -0.15) is 5.10 Å². The molecule has 2 heterocycles. The number of hydrogen-bond donors (Lipinski definition) is 1. The number of carbonyl (C=O) groups is 2. The van der Waals surface area contributed by atoms with Crippen molar-refractivity contribution in [2.45, 2.75) is 0 Å². The molecule has 0 radical (unpaired) electrons. The molecule has 1 aromatic heterocycles. The van der Waals surface area contributed by atoms with E-state index in [0.29, 0.717) is 0 Å². The van der Waals surface area contributed by atoms with Crippen LogP contribution in [-0.4, -0.2) is 38.2 Å². The zero-order valence-electron chi connectivity index (χ0n) is 12.7. The molecule has 0 unspecified atom stereocenters. The molecule has 1 saturated heterocycles. The van der Waals surface area contributed by atoms with Gasteiger partial charge in [0, 0.05) is 18.9 Å². The van der Waals surface area contributed by atoms with Gasteiger partial charge in [-0.05, 0) is 42.1 Å². The molecule has 1 aliphatic rings. The summed E-state index contributed by atoms with van der Waals surface area (Å²) in [4.78, 5) is 25.8. The van der Waals surface area contributed by atoms with E-state index in [0.717, 1.165) is 11.3 Å². The fourth-order valence-corrected chi connectivity index (χ4v) is 2.55. The van der Waals surface area contributed by atoms with Gasteiger partial charge in [0.25, 0.3) is 11.8 Å². The lowest BCUT2D eigenvalue weighted by Crippen LogP contribution is -2.53. The quantitative estimate of drug-likeness (QED) is 0.399. The number of nitrogens with zero attached hydrogens (tertiary/aromatic N) is 3. The monoisotopic (exact) mass is 338 g/mol. The van der Waals surface area contributed by atoms with E-state index in [9.17, 15) is 9.59 Å². The maximum atomic E-state index is 12.4. The van der Waals surface area contributed by atoms with E-state index < -0.39 is 11.8 Å². The third-order valence-corrected chi connectivity index (χ3v) is 3.79. The van der Waals surface area contributed by atoms with Gasteiger partial charge in [-0.3, -0.25) is 19.8 Å². The van der Waals surface area contributed by atoms with Crippen LogP contribution in [0.5, 0.6) is 0 Å². The molecule has 0 atom stereocenters. The number of benzene rings is 1. The first-order valence-corrected chi connectivity index (χ1v) is 7.61. The minimum absolute atomic E-state index is 0.0392. The van der Waals surface area contributed by atoms with Gasteiger partial charge in [-0.1, -0.05) is 18.2 Å². The smallest absolute Gasteiger partial charge is 0.265 e. The van der Waals surface area contributed by atoms with Crippen molar-refractivity contribution >= 4 is 35.2 Å². The molecule has 0 aliphatic carbocycles. The van der Waals surface area contributed by atoms with Crippen molar-refractivity contribution in [2.24, 2.45) is 0 Å². The molecule has 1 fully saturated rings. The molecule has 24 heavy (non-hydrogen) atoms. The number of nitrogens with one attached hydrogen (secondary N) is 1. The molecule has 0 saturated carbocycles. The minimum atomic E-state index is -0.499. The highest BCUT2D eigenvalue weighted by Gasteiger charge is 2.32. The maximum Gasteiger partial charge on any atom is 0.265 e. The summed E-state index contributed by atoms with van der Waals surface area (Å²) < 4.78 is 1.72. The molecule has 1 aliphatic heterocycles. The summed E-state index contributed by atoms with van der Waals surface area (Å²) in [5, 5.41) is 6.76. The van der Waals surface area contributed by atoms with Crippen LogP contribution in [0.15, 0.2) is 61.0 Å². The molecule has 120 valence electrons. The lowest BCUT2D eigenvalue weighted by molar-refractivity contribution is -0.128. The molecule has 1 N–H and O–H groups in total. The van der Waals surface area contributed by atoms with E-state index in [4.69, 9.17) is 12.2 Å². The molecular formula is C17H14N4O2S. The second-order valence-electron chi connectivity index (χ2n) is 5.06. The SMILES string of the molecule is C=CCN1C(=O)C(=Cc2ccc(-n3cccn3)cc2)C(=O)NC1=S. The van der Waals surface area contributed by atoms with Crippen molar-refractivity contribution in [3.8, 4) is 5.69 Å². The van der Waals surface area contributed by atoms with E-state index >= 15 is 0 Å². The van der Waals surface area contributed by atoms with Crippen LogP contribution in [0.3, 0.4) is 0 Å². The van der Waals surface area contributed by atoms with Crippen molar-refractivity contribution in [1.29, 1.82) is 0 Å². The number of carbonyl (C=O) groups excluding carboxylic acids is 2. The van der Waals surface area contributed by atoms with E-state index in [1.807, 2.05) is 36.5 Å². The number of thiocarbonyl (C=S) groups is 1. The van der Waals surface area contributed by atoms with Gasteiger partial charge in [0.15, 0.2) is 5.11 Å². The summed E-state index contributed by atoms with van der Waals surface area (Å²) in [5.74, 6) is -0.929. The van der Waals surface area contributed by atoms with Crippen molar-refractivity contribution in [1.82, 2.24) is 20.0 Å². The summed E-state index contributed by atoms with van der Waals surface area (Å²) in [6.07, 6.45) is 6.62. The first kappa shape index (κ1) is 15.8. The van der Waals surface area contributed by atoms with Crippen LogP contribution in [-0.2, 0) is 9.59 Å². The Kier molecular flexibility index (Phi) is 4.35. The summed E-state index contributed by atoms with van der Waals surface area (Å²) in [5.41, 5.74) is 1.66. The highest BCUT2D eigenvalue weighted by atomic mass is 32.1. The molecule has 6 nitrogen and oxygen atoms in total. The average Bonchev–Trinajstić information content (AvgIpc) is 3.10. The Morgan fingerprint density at radius 2 is 2.00 bits per heavy atom. The average molecular weight is 338 g/mol. The topological polar surface area (TPSA) is 67.2 Å². The number of aromatic nitrogens is 2. The second-order valence-corrected chi connectivity index (χ2v) is 5.45. The number of hydrogen-bond acceptors (Lipinski definition) is 4. The molecule has 2 amide bonds. The first-order valence-electron chi connectivity index (χ1n) is 7.20. The van der Waals surface area contributed by atoms with Crippen LogP contribution in [0.25, 0.3) is 11.8 Å². The first-order chi connectivity index (χ1) is 11.6. The number of amides is 2. The lowest BCUT2D eigenvalue weighted by Gasteiger charge is -2.27. The molecule has 1 aromatic carbocycles. The predicted octanol–water partition coefficient (Wildman–Crippen LogP) is 1.68. The zero-order chi connectivity index (χ0) is 17.1. The van der Waals surface area contributed by atoms with Crippen LogP contribution >= 0.6 is 12.2 Å². The third kappa shape index (κ3) is 3.02. The van der Waals surface area contributed by atoms with Gasteiger partial charge >= 0.3 is 0 Å². The van der Waals surface area contributed by atoms with Gasteiger partial charge in [-0.25, -0.2) is 4.68 Å². The van der Waals surface area contributed by atoms with E-state index in [1.165, 1.54) is 4.90 Å². The van der Waals surface area contributed by atoms with Crippen LogP contribution in [0.4, 0.5) is 0 Å². The van der Waals surface area contributed by atoms with Crippen LogP contribution in [0.2, 0.25) is 0 Å². The Balaban J connectivity index is 1.89. The van der Waals surface area contributed by atoms with Crippen molar-refractivity contribution in [3.63, 3.8) is 0 Å². The van der Waals surface area contributed by atoms with E-state index in [2.05, 4.69) is 17.0 Å². The van der Waals surface area contributed by atoms with Crippen LogP contribution in [0, 0.1) is 0 Å². The standard InChI is InChI=1S/C17H14N4O2S/c1-2-9-20-16(23)14(15(22)19-17(20)24)11-12-4-6-13(7-5-12)21-10-3-8-18-21/h2-8,10-11H,1,9H2,(H,19,22,24). The Morgan fingerprint density at radius 1 is 1.25 bits per heavy atom. The fourth-order valence-electron chi connectivity index (χ4n) is 2.30. The highest BCUT2D eigenvalue weighted by Crippen LogP contribution is 2.16. The summed E-state index contributed by atoms with van der Waals surface area (Å²) >= 11 is 5.02. The lowest BCUT2D eigenvalue weighted by atomic mass is 10.1. The second kappa shape index (κ2) is 6.59. The molecule has 7 heteroatoms. The molecular weight excluding hydrogens is 324 g/mol. The normalized spacial score (nSPS) is 16.4. The zero-order valence-corrected chi connectivity index (χ0v) is 13.5. The Morgan fingerprint density at radius 3 is 2.62 bits per heavy atom. The van der Waals surface area contributed by atoms with Crippen molar-refractivity contribution in [2.75, 3.05) is 6.54 Å². The minimum Gasteiger partial charge on any atom is -0.298 e. The van der Waals surface area contributed by atoms with Gasteiger partial charge < -0.3 is 0 Å². The Bertz CT molecular complexity index is 838. The Hall–Kier alpha value is -3.06. The van der Waals surface area contributed by atoms with Gasteiger partial charge in [0.2, 0.25) is 0 Å². The summed E-state index contributed by atoms with van der Waals surface area (Å²) in [6.45, 7) is 3.84. The van der Waals surface area contributed by atoms with E-state index in [-0.39, 0.29) is 17.2 Å². The molecule has 2 aromatic rings. The summed E-state index contributed by atoms with van der Waals surface area (Å²) in [7, 11) is 0. The fraction of sp³-hybridized carbons (Fsp3) is 0.0588.